The number of amides is 2. The third-order valence-corrected chi connectivity index (χ3v) is 4.27. The first-order valence-electron chi connectivity index (χ1n) is 6.68. The number of methoxy groups -OCH3 is 1. The van der Waals surface area contributed by atoms with Crippen LogP contribution in [0.25, 0.3) is 6.08 Å². The molecular formula is C16H12N2O3S2. The molecule has 2 heterocycles. The van der Waals surface area contributed by atoms with Crippen LogP contribution in [-0.2, 0) is 9.59 Å². The Kier molecular flexibility index (Phi) is 4.22. The van der Waals surface area contributed by atoms with Gasteiger partial charge in [0.1, 0.15) is 11.3 Å². The molecule has 116 valence electrons. The summed E-state index contributed by atoms with van der Waals surface area (Å²) in [6.45, 7) is 0. The third-order valence-electron chi connectivity index (χ3n) is 3.29. The summed E-state index contributed by atoms with van der Waals surface area (Å²) in [4.78, 5) is 26.1. The predicted octanol–water partition coefficient (Wildman–Crippen LogP) is 2.59. The topological polar surface area (TPSA) is 58.6 Å². The van der Waals surface area contributed by atoms with Gasteiger partial charge in [-0.2, -0.15) is 11.3 Å². The van der Waals surface area contributed by atoms with Crippen LogP contribution in [0.4, 0.5) is 5.69 Å². The summed E-state index contributed by atoms with van der Waals surface area (Å²) in [6, 6.07) is 8.71. The fourth-order valence-corrected chi connectivity index (χ4v) is 3.05. The second kappa shape index (κ2) is 6.31. The molecule has 1 saturated heterocycles. The average molecular weight is 344 g/mol. The minimum atomic E-state index is -0.490. The first-order chi connectivity index (χ1) is 11.1. The highest BCUT2D eigenvalue weighted by Gasteiger charge is 2.34. The van der Waals surface area contributed by atoms with Crippen molar-refractivity contribution in [2.75, 3.05) is 12.0 Å². The standard InChI is InChI=1S/C16H12N2O3S2/c1-21-12-4-2-11(3-5-12)18-15(20)13(14(19)17-16(18)22)8-10-6-7-23-9-10/h2-9H,1H3,(H,17,19,22)/b13-8-. The summed E-state index contributed by atoms with van der Waals surface area (Å²) >= 11 is 6.63. The highest BCUT2D eigenvalue weighted by molar-refractivity contribution is 7.80. The van der Waals surface area contributed by atoms with Crippen molar-refractivity contribution in [1.29, 1.82) is 0 Å². The second-order valence-corrected chi connectivity index (χ2v) is 5.88. The SMILES string of the molecule is COc1ccc(N2C(=O)/C(=C\c3ccsc3)C(=O)NC2=S)cc1. The first-order valence-corrected chi connectivity index (χ1v) is 8.03. The minimum Gasteiger partial charge on any atom is -0.497 e. The fraction of sp³-hybridized carbons (Fsp3) is 0.0625. The van der Waals surface area contributed by atoms with E-state index >= 15 is 0 Å². The van der Waals surface area contributed by atoms with Crippen molar-refractivity contribution in [3.63, 3.8) is 0 Å². The molecule has 0 aliphatic carbocycles. The van der Waals surface area contributed by atoms with Gasteiger partial charge in [-0.25, -0.2) is 0 Å². The number of nitrogens with one attached hydrogen (secondary N) is 1. The van der Waals surface area contributed by atoms with Crippen molar-refractivity contribution in [2.45, 2.75) is 0 Å². The number of anilines is 1. The quantitative estimate of drug-likeness (QED) is 0.528. The number of hydrogen-bond acceptors (Lipinski definition) is 5. The lowest BCUT2D eigenvalue weighted by atomic mass is 10.1. The summed E-state index contributed by atoms with van der Waals surface area (Å²) in [5, 5.41) is 6.35. The zero-order chi connectivity index (χ0) is 16.4. The average Bonchev–Trinajstić information content (AvgIpc) is 3.05. The Morgan fingerprint density at radius 1 is 1.22 bits per heavy atom. The van der Waals surface area contributed by atoms with Gasteiger partial charge in [-0.15, -0.1) is 0 Å². The Morgan fingerprint density at radius 3 is 2.57 bits per heavy atom. The Bertz CT molecular complexity index is 795. The monoisotopic (exact) mass is 344 g/mol. The van der Waals surface area contributed by atoms with Crippen LogP contribution in [0.5, 0.6) is 5.75 Å². The Morgan fingerprint density at radius 2 is 1.96 bits per heavy atom. The van der Waals surface area contributed by atoms with Crippen molar-refractivity contribution in [1.82, 2.24) is 5.32 Å². The summed E-state index contributed by atoms with van der Waals surface area (Å²) in [7, 11) is 1.56. The van der Waals surface area contributed by atoms with Gasteiger partial charge < -0.3 is 4.74 Å². The summed E-state index contributed by atoms with van der Waals surface area (Å²) in [5.74, 6) is -0.270. The number of ether oxygens (including phenoxy) is 1. The molecule has 1 N–H and O–H groups in total. The molecule has 2 aromatic rings. The molecule has 1 aliphatic rings. The zero-order valence-electron chi connectivity index (χ0n) is 12.1. The summed E-state index contributed by atoms with van der Waals surface area (Å²) in [5.41, 5.74) is 1.42. The number of rotatable bonds is 3. The van der Waals surface area contributed by atoms with Gasteiger partial charge in [-0.05, 0) is 64.9 Å². The van der Waals surface area contributed by atoms with E-state index in [2.05, 4.69) is 5.32 Å². The highest BCUT2D eigenvalue weighted by Crippen LogP contribution is 2.24. The van der Waals surface area contributed by atoms with E-state index in [1.807, 2.05) is 16.8 Å². The minimum absolute atomic E-state index is 0.0489. The molecule has 0 radical (unpaired) electrons. The summed E-state index contributed by atoms with van der Waals surface area (Å²) in [6.07, 6.45) is 1.56. The van der Waals surface area contributed by atoms with Crippen LogP contribution < -0.4 is 15.0 Å². The van der Waals surface area contributed by atoms with E-state index in [0.29, 0.717) is 11.4 Å². The second-order valence-electron chi connectivity index (χ2n) is 4.71. The van der Waals surface area contributed by atoms with Gasteiger partial charge in [-0.3, -0.25) is 19.8 Å². The molecule has 0 unspecified atom stereocenters. The van der Waals surface area contributed by atoms with E-state index in [1.54, 1.807) is 37.5 Å². The van der Waals surface area contributed by atoms with E-state index in [1.165, 1.54) is 16.2 Å². The van der Waals surface area contributed by atoms with Crippen LogP contribution in [0, 0.1) is 0 Å². The lowest BCUT2D eigenvalue weighted by Gasteiger charge is -2.28. The number of carbonyl (C=O) groups excluding carboxylic acids is 2. The van der Waals surface area contributed by atoms with Gasteiger partial charge in [0, 0.05) is 0 Å². The van der Waals surface area contributed by atoms with E-state index in [0.717, 1.165) is 5.56 Å². The molecule has 2 amide bonds. The predicted molar refractivity (Wildman–Crippen MR) is 93.5 cm³/mol. The maximum atomic E-state index is 12.7. The lowest BCUT2D eigenvalue weighted by molar-refractivity contribution is -0.122. The van der Waals surface area contributed by atoms with E-state index in [-0.39, 0.29) is 10.7 Å². The molecule has 0 bridgehead atoms. The van der Waals surface area contributed by atoms with Gasteiger partial charge in [0.25, 0.3) is 11.8 Å². The van der Waals surface area contributed by atoms with E-state index in [4.69, 9.17) is 17.0 Å². The smallest absolute Gasteiger partial charge is 0.270 e. The zero-order valence-corrected chi connectivity index (χ0v) is 13.7. The summed E-state index contributed by atoms with van der Waals surface area (Å²) < 4.78 is 5.10. The lowest BCUT2D eigenvalue weighted by Crippen LogP contribution is -2.54. The molecule has 0 spiro atoms. The number of nitrogens with zero attached hydrogens (tertiary/aromatic N) is 1. The highest BCUT2D eigenvalue weighted by atomic mass is 32.1. The molecule has 3 rings (SSSR count). The van der Waals surface area contributed by atoms with Crippen LogP contribution in [0.2, 0.25) is 0 Å². The number of thiophene rings is 1. The fourth-order valence-electron chi connectivity index (χ4n) is 2.15. The Labute approximate surface area is 142 Å². The van der Waals surface area contributed by atoms with Gasteiger partial charge in [0.05, 0.1) is 12.8 Å². The molecule has 5 nitrogen and oxygen atoms in total. The third kappa shape index (κ3) is 3.01. The maximum absolute atomic E-state index is 12.7. The van der Waals surface area contributed by atoms with Crippen molar-refractivity contribution >= 4 is 52.2 Å². The molecule has 0 saturated carbocycles. The van der Waals surface area contributed by atoms with Crippen LogP contribution in [0.15, 0.2) is 46.7 Å². The van der Waals surface area contributed by atoms with Crippen LogP contribution in [0.1, 0.15) is 5.56 Å². The molecular weight excluding hydrogens is 332 g/mol. The number of carbonyl (C=O) groups is 2. The molecule has 1 aromatic heterocycles. The van der Waals surface area contributed by atoms with Crippen LogP contribution in [-0.4, -0.2) is 24.0 Å². The Hall–Kier alpha value is -2.51. The van der Waals surface area contributed by atoms with Crippen LogP contribution in [0.3, 0.4) is 0 Å². The number of benzene rings is 1. The van der Waals surface area contributed by atoms with Gasteiger partial charge in [-0.1, -0.05) is 0 Å². The Balaban J connectivity index is 1.98. The van der Waals surface area contributed by atoms with E-state index < -0.39 is 11.8 Å². The van der Waals surface area contributed by atoms with Crippen molar-refractivity contribution in [2.24, 2.45) is 0 Å². The van der Waals surface area contributed by atoms with Gasteiger partial charge >= 0.3 is 0 Å². The molecule has 1 aromatic carbocycles. The maximum Gasteiger partial charge on any atom is 0.270 e. The van der Waals surface area contributed by atoms with Crippen molar-refractivity contribution < 1.29 is 14.3 Å². The van der Waals surface area contributed by atoms with Crippen LogP contribution >= 0.6 is 23.6 Å². The van der Waals surface area contributed by atoms with E-state index in [9.17, 15) is 9.59 Å². The largest absolute Gasteiger partial charge is 0.497 e. The normalized spacial score (nSPS) is 16.7. The number of hydrogen-bond donors (Lipinski definition) is 1. The molecule has 23 heavy (non-hydrogen) atoms. The van der Waals surface area contributed by atoms with Gasteiger partial charge in [0.2, 0.25) is 0 Å². The first kappa shape index (κ1) is 15.4. The molecule has 7 heteroatoms. The van der Waals surface area contributed by atoms with Gasteiger partial charge in [0.15, 0.2) is 5.11 Å². The van der Waals surface area contributed by atoms with Crippen molar-refractivity contribution in [3.05, 3.63) is 52.2 Å². The molecule has 0 atom stereocenters. The number of thiocarbonyl (C=S) groups is 1. The molecule has 1 fully saturated rings. The molecule has 1 aliphatic heterocycles. The van der Waals surface area contributed by atoms with Crippen molar-refractivity contribution in [3.8, 4) is 5.75 Å².